The van der Waals surface area contributed by atoms with Crippen LogP contribution in [0.25, 0.3) is 5.57 Å². The molecule has 1 aromatic carbocycles. The molecule has 0 aliphatic rings. The van der Waals surface area contributed by atoms with E-state index in [1.54, 1.807) is 35.2 Å². The van der Waals surface area contributed by atoms with Gasteiger partial charge in [-0.25, -0.2) is 9.18 Å². The van der Waals surface area contributed by atoms with Gasteiger partial charge in [0.15, 0.2) is 0 Å². The molecule has 2 nitrogen and oxygen atoms in total. The molecule has 3 heteroatoms. The van der Waals surface area contributed by atoms with Crippen molar-refractivity contribution in [2.75, 3.05) is 14.1 Å². The highest BCUT2D eigenvalue weighted by Crippen LogP contribution is 2.16. The summed E-state index contributed by atoms with van der Waals surface area (Å²) < 4.78 is 13.3. The van der Waals surface area contributed by atoms with Crippen LogP contribution in [0.2, 0.25) is 0 Å². The number of benzene rings is 1. The molecule has 0 unspecified atom stereocenters. The first-order valence-electron chi connectivity index (χ1n) is 4.50. The van der Waals surface area contributed by atoms with Gasteiger partial charge in [0.05, 0.1) is 5.57 Å². The summed E-state index contributed by atoms with van der Waals surface area (Å²) in [6.45, 7) is 0. The molecule has 0 saturated carbocycles. The minimum absolute atomic E-state index is 0.210. The molecule has 0 aliphatic heterocycles. The first-order chi connectivity index (χ1) is 7.15. The lowest BCUT2D eigenvalue weighted by Gasteiger charge is -2.04. The number of rotatable bonds is 3. The topological polar surface area (TPSA) is 20.3 Å². The standard InChI is InChI=1S/C12H12FNO/c1-14(2)8-7-10(9-15)11-5-3-4-6-12(11)13/h3-8H,1-2H3/b8-7-. The summed E-state index contributed by atoms with van der Waals surface area (Å²) in [4.78, 5) is 12.4. The van der Waals surface area contributed by atoms with Gasteiger partial charge in [-0.1, -0.05) is 18.2 Å². The van der Waals surface area contributed by atoms with Gasteiger partial charge >= 0.3 is 0 Å². The number of carbonyl (C=O) groups excluding carboxylic acids is 1. The molecule has 0 amide bonds. The third kappa shape index (κ3) is 3.08. The Kier molecular flexibility index (Phi) is 3.83. The van der Waals surface area contributed by atoms with E-state index >= 15 is 0 Å². The van der Waals surface area contributed by atoms with E-state index in [0.717, 1.165) is 0 Å². The Bertz CT molecular complexity index is 417. The Hall–Kier alpha value is -1.86. The Balaban J connectivity index is 3.05. The fourth-order valence-electron chi connectivity index (χ4n) is 1.08. The highest BCUT2D eigenvalue weighted by Gasteiger charge is 2.04. The molecule has 0 heterocycles. The summed E-state index contributed by atoms with van der Waals surface area (Å²) in [6.07, 6.45) is 3.21. The van der Waals surface area contributed by atoms with Gasteiger partial charge in [0, 0.05) is 19.7 Å². The molecule has 0 N–H and O–H groups in total. The Labute approximate surface area is 88.3 Å². The number of nitrogens with zero attached hydrogens (tertiary/aromatic N) is 1. The lowest BCUT2D eigenvalue weighted by molar-refractivity contribution is 0.563. The fourth-order valence-corrected chi connectivity index (χ4v) is 1.08. The number of halogens is 1. The average Bonchev–Trinajstić information content (AvgIpc) is 2.21. The summed E-state index contributed by atoms with van der Waals surface area (Å²) in [5, 5.41) is 0. The normalized spacial score (nSPS) is 10.1. The molecule has 78 valence electrons. The smallest absolute Gasteiger partial charge is 0.133 e. The average molecular weight is 205 g/mol. The molecule has 0 bridgehead atoms. The van der Waals surface area contributed by atoms with E-state index < -0.39 is 5.82 Å². The Morgan fingerprint density at radius 1 is 1.40 bits per heavy atom. The molecule has 0 spiro atoms. The van der Waals surface area contributed by atoms with E-state index in [0.29, 0.717) is 0 Å². The summed E-state index contributed by atoms with van der Waals surface area (Å²) >= 11 is 0. The first-order valence-corrected chi connectivity index (χ1v) is 4.50. The molecule has 0 fully saturated rings. The van der Waals surface area contributed by atoms with Gasteiger partial charge in [0.2, 0.25) is 0 Å². The van der Waals surface area contributed by atoms with Gasteiger partial charge in [0.25, 0.3) is 0 Å². The van der Waals surface area contributed by atoms with E-state index in [9.17, 15) is 9.18 Å². The van der Waals surface area contributed by atoms with Crippen LogP contribution in [-0.2, 0) is 4.79 Å². The maximum absolute atomic E-state index is 13.3. The largest absolute Gasteiger partial charge is 0.383 e. The fraction of sp³-hybridized carbons (Fsp3) is 0.167. The SMILES string of the molecule is CN(C)/C=C\C(=C=O)c1ccccc1F. The Morgan fingerprint density at radius 3 is 2.60 bits per heavy atom. The second-order valence-corrected chi connectivity index (χ2v) is 3.27. The van der Waals surface area contributed by atoms with Gasteiger partial charge in [0.1, 0.15) is 11.8 Å². The van der Waals surface area contributed by atoms with Crippen molar-refractivity contribution < 1.29 is 9.18 Å². The van der Waals surface area contributed by atoms with Crippen molar-refractivity contribution in [1.29, 1.82) is 0 Å². The van der Waals surface area contributed by atoms with Crippen LogP contribution in [0, 0.1) is 5.82 Å². The highest BCUT2D eigenvalue weighted by molar-refractivity contribution is 5.93. The van der Waals surface area contributed by atoms with Crippen LogP contribution in [0.4, 0.5) is 4.39 Å². The lowest BCUT2D eigenvalue weighted by atomic mass is 10.1. The van der Waals surface area contributed by atoms with Crippen LogP contribution >= 0.6 is 0 Å². The van der Waals surface area contributed by atoms with E-state index in [4.69, 9.17) is 0 Å². The minimum Gasteiger partial charge on any atom is -0.383 e. The van der Waals surface area contributed by atoms with Crippen LogP contribution < -0.4 is 0 Å². The lowest BCUT2D eigenvalue weighted by Crippen LogP contribution is -2.00. The summed E-state index contributed by atoms with van der Waals surface area (Å²) in [5.74, 6) is 1.31. The molecule has 15 heavy (non-hydrogen) atoms. The van der Waals surface area contributed by atoms with Crippen LogP contribution in [0.5, 0.6) is 0 Å². The molecule has 0 aromatic heterocycles. The second-order valence-electron chi connectivity index (χ2n) is 3.27. The van der Waals surface area contributed by atoms with E-state index in [1.165, 1.54) is 12.1 Å². The minimum atomic E-state index is -0.417. The molecule has 0 radical (unpaired) electrons. The highest BCUT2D eigenvalue weighted by atomic mass is 19.1. The maximum atomic E-state index is 13.3. The van der Waals surface area contributed by atoms with Crippen LogP contribution in [0.3, 0.4) is 0 Å². The van der Waals surface area contributed by atoms with Crippen molar-refractivity contribution >= 4 is 11.5 Å². The summed E-state index contributed by atoms with van der Waals surface area (Å²) in [5.41, 5.74) is 0.479. The van der Waals surface area contributed by atoms with Crippen molar-refractivity contribution in [3.8, 4) is 0 Å². The quantitative estimate of drug-likeness (QED) is 0.556. The third-order valence-corrected chi connectivity index (χ3v) is 1.81. The van der Waals surface area contributed by atoms with Crippen molar-refractivity contribution in [1.82, 2.24) is 4.90 Å². The predicted octanol–water partition coefficient (Wildman–Crippen LogP) is 2.12. The zero-order valence-electron chi connectivity index (χ0n) is 8.70. The van der Waals surface area contributed by atoms with Crippen molar-refractivity contribution in [3.05, 3.63) is 47.9 Å². The Morgan fingerprint density at radius 2 is 2.07 bits per heavy atom. The molecular formula is C12H12FNO. The van der Waals surface area contributed by atoms with Crippen LogP contribution in [0.1, 0.15) is 5.56 Å². The van der Waals surface area contributed by atoms with Gasteiger partial charge in [-0.3, -0.25) is 0 Å². The van der Waals surface area contributed by atoms with Gasteiger partial charge < -0.3 is 4.90 Å². The monoisotopic (exact) mass is 205 g/mol. The van der Waals surface area contributed by atoms with Crippen LogP contribution in [0.15, 0.2) is 36.5 Å². The maximum Gasteiger partial charge on any atom is 0.133 e. The molecule has 0 atom stereocenters. The first kappa shape index (κ1) is 11.2. The second kappa shape index (κ2) is 5.13. The van der Waals surface area contributed by atoms with Crippen molar-refractivity contribution in [3.63, 3.8) is 0 Å². The third-order valence-electron chi connectivity index (χ3n) is 1.81. The molecule has 1 rings (SSSR count). The summed E-state index contributed by atoms with van der Waals surface area (Å²) in [6, 6.07) is 6.13. The zero-order chi connectivity index (χ0) is 11.3. The van der Waals surface area contributed by atoms with E-state index in [-0.39, 0.29) is 11.1 Å². The number of allylic oxidation sites excluding steroid dienone is 2. The van der Waals surface area contributed by atoms with Crippen LogP contribution in [-0.4, -0.2) is 24.9 Å². The molecule has 0 aliphatic carbocycles. The molecule has 0 saturated heterocycles. The van der Waals surface area contributed by atoms with Gasteiger partial charge in [-0.2, -0.15) is 0 Å². The molecule has 1 aromatic rings. The number of hydrogen-bond donors (Lipinski definition) is 0. The molecular weight excluding hydrogens is 193 g/mol. The summed E-state index contributed by atoms with van der Waals surface area (Å²) in [7, 11) is 3.64. The van der Waals surface area contributed by atoms with Crippen molar-refractivity contribution in [2.45, 2.75) is 0 Å². The predicted molar refractivity (Wildman–Crippen MR) is 58.3 cm³/mol. The van der Waals surface area contributed by atoms with E-state index in [1.807, 2.05) is 14.1 Å². The number of hydrogen-bond acceptors (Lipinski definition) is 2. The van der Waals surface area contributed by atoms with Crippen molar-refractivity contribution in [2.24, 2.45) is 0 Å². The van der Waals surface area contributed by atoms with E-state index in [2.05, 4.69) is 0 Å². The van der Waals surface area contributed by atoms with Gasteiger partial charge in [-0.05, 0) is 18.3 Å². The van der Waals surface area contributed by atoms with Gasteiger partial charge in [-0.15, -0.1) is 0 Å². The zero-order valence-corrected chi connectivity index (χ0v) is 8.70.